The van der Waals surface area contributed by atoms with Gasteiger partial charge in [-0.1, -0.05) is 13.0 Å². The zero-order valence-corrected chi connectivity index (χ0v) is 21.3. The summed E-state index contributed by atoms with van der Waals surface area (Å²) in [7, 11) is 1.62. The number of nitrogens with zero attached hydrogens (tertiary/aromatic N) is 8. The molecule has 2 saturated heterocycles. The lowest BCUT2D eigenvalue weighted by atomic mass is 9.74. The third kappa shape index (κ3) is 4.30. The van der Waals surface area contributed by atoms with Crippen LogP contribution in [0.5, 0.6) is 0 Å². The van der Waals surface area contributed by atoms with Crippen molar-refractivity contribution in [1.29, 1.82) is 5.26 Å². The molecule has 38 heavy (non-hydrogen) atoms. The molecular weight excluding hydrogens is 488 g/mol. The molecule has 5 rings (SSSR count). The standard InChI is InChI=1S/C26H28N8O4/c1-18-15-34(21(35)6-9-27)26(18)8-12-32(16-26)22-19-7-11-33(23(19)30-17-29-22)25(37)31(2)13-14-38-24(36)20-5-3-4-10-28-20/h3-5,7,10-11,17-18H,6,8,12-16H2,1-2H3/t18-,26-/m1/s1. The van der Waals surface area contributed by atoms with Crippen LogP contribution in [0.4, 0.5) is 10.6 Å². The Balaban J connectivity index is 1.27. The second kappa shape index (κ2) is 10.1. The molecule has 5 heterocycles. The van der Waals surface area contributed by atoms with Gasteiger partial charge in [0.15, 0.2) is 5.65 Å². The van der Waals surface area contributed by atoms with E-state index in [1.54, 1.807) is 31.4 Å². The summed E-state index contributed by atoms with van der Waals surface area (Å²) in [6, 6.07) is 8.43. The molecule has 0 bridgehead atoms. The van der Waals surface area contributed by atoms with Gasteiger partial charge in [-0.2, -0.15) is 5.26 Å². The first-order valence-electron chi connectivity index (χ1n) is 12.4. The van der Waals surface area contributed by atoms with Gasteiger partial charge in [0.2, 0.25) is 5.91 Å². The normalized spacial score (nSPS) is 20.3. The molecule has 0 radical (unpaired) electrons. The van der Waals surface area contributed by atoms with Crippen LogP contribution in [0.15, 0.2) is 43.0 Å². The Bertz CT molecular complexity index is 1420. The maximum absolute atomic E-state index is 13.2. The predicted molar refractivity (Wildman–Crippen MR) is 136 cm³/mol. The molecule has 0 unspecified atom stereocenters. The van der Waals surface area contributed by atoms with Crippen LogP contribution in [-0.2, 0) is 9.53 Å². The van der Waals surface area contributed by atoms with Gasteiger partial charge >= 0.3 is 12.0 Å². The number of nitriles is 1. The summed E-state index contributed by atoms with van der Waals surface area (Å²) in [4.78, 5) is 56.0. The van der Waals surface area contributed by atoms with Gasteiger partial charge in [-0.15, -0.1) is 0 Å². The number of hydrogen-bond acceptors (Lipinski definition) is 9. The van der Waals surface area contributed by atoms with Crippen LogP contribution in [0.25, 0.3) is 11.0 Å². The van der Waals surface area contributed by atoms with Gasteiger partial charge in [0, 0.05) is 39.1 Å². The summed E-state index contributed by atoms with van der Waals surface area (Å²) >= 11 is 0. The van der Waals surface area contributed by atoms with Crippen molar-refractivity contribution in [2.45, 2.75) is 25.3 Å². The Labute approximate surface area is 219 Å². The molecule has 0 N–H and O–H groups in total. The molecule has 12 heteroatoms. The SMILES string of the molecule is C[C@@H]1CN(C(=O)CC#N)[C@@]12CCN(c1ncnc3c1ccn3C(=O)N(C)CCOC(=O)c1ccccn1)C2. The molecule has 2 amide bonds. The van der Waals surface area contributed by atoms with E-state index in [-0.39, 0.29) is 42.7 Å². The highest BCUT2D eigenvalue weighted by molar-refractivity contribution is 5.95. The predicted octanol–water partition coefficient (Wildman–Crippen LogP) is 1.92. The molecule has 2 aliphatic rings. The highest BCUT2D eigenvalue weighted by Gasteiger charge is 2.56. The number of ether oxygens (including phenoxy) is 1. The number of hydrogen-bond donors (Lipinski definition) is 0. The van der Waals surface area contributed by atoms with E-state index in [9.17, 15) is 14.4 Å². The van der Waals surface area contributed by atoms with E-state index in [2.05, 4.69) is 26.8 Å². The lowest BCUT2D eigenvalue weighted by molar-refractivity contribution is -0.152. The van der Waals surface area contributed by atoms with Crippen LogP contribution in [0.1, 0.15) is 30.3 Å². The van der Waals surface area contributed by atoms with Crippen molar-refractivity contribution in [1.82, 2.24) is 29.3 Å². The van der Waals surface area contributed by atoms with Crippen molar-refractivity contribution >= 4 is 34.8 Å². The number of esters is 1. The van der Waals surface area contributed by atoms with Crippen molar-refractivity contribution in [3.05, 3.63) is 48.7 Å². The van der Waals surface area contributed by atoms with Crippen molar-refractivity contribution in [2.24, 2.45) is 5.92 Å². The average molecular weight is 517 g/mol. The molecule has 1 spiro atoms. The summed E-state index contributed by atoms with van der Waals surface area (Å²) in [5.41, 5.74) is 0.369. The minimum absolute atomic E-state index is 0.0200. The largest absolute Gasteiger partial charge is 0.459 e. The number of aromatic nitrogens is 4. The molecule has 3 aromatic rings. The third-order valence-corrected chi connectivity index (χ3v) is 7.55. The van der Waals surface area contributed by atoms with E-state index in [0.29, 0.717) is 37.0 Å². The summed E-state index contributed by atoms with van der Waals surface area (Å²) in [6.07, 6.45) is 5.27. The lowest BCUT2D eigenvalue weighted by Crippen LogP contribution is -2.69. The van der Waals surface area contributed by atoms with Gasteiger partial charge in [-0.05, 0) is 30.5 Å². The van der Waals surface area contributed by atoms with Crippen LogP contribution in [0.3, 0.4) is 0 Å². The van der Waals surface area contributed by atoms with Crippen LogP contribution in [-0.4, -0.2) is 92.6 Å². The second-order valence-electron chi connectivity index (χ2n) is 9.69. The quantitative estimate of drug-likeness (QED) is 0.450. The number of carbonyl (C=O) groups is 3. The van der Waals surface area contributed by atoms with Gasteiger partial charge in [0.05, 0.1) is 23.5 Å². The Morgan fingerprint density at radius 1 is 1.24 bits per heavy atom. The van der Waals surface area contributed by atoms with E-state index in [1.807, 2.05) is 17.0 Å². The number of fused-ring (bicyclic) bond motifs is 1. The van der Waals surface area contributed by atoms with Crippen molar-refractivity contribution in [3.8, 4) is 6.07 Å². The van der Waals surface area contributed by atoms with Gasteiger partial charge in [-0.25, -0.2) is 24.5 Å². The van der Waals surface area contributed by atoms with Gasteiger partial charge < -0.3 is 19.4 Å². The summed E-state index contributed by atoms with van der Waals surface area (Å²) in [6.45, 7) is 4.31. The van der Waals surface area contributed by atoms with Crippen molar-refractivity contribution in [3.63, 3.8) is 0 Å². The monoisotopic (exact) mass is 516 g/mol. The fourth-order valence-corrected chi connectivity index (χ4v) is 5.37. The lowest BCUT2D eigenvalue weighted by Gasteiger charge is -2.55. The van der Waals surface area contributed by atoms with E-state index in [0.717, 1.165) is 11.8 Å². The number of amides is 2. The topological polar surface area (TPSA) is 138 Å². The van der Waals surface area contributed by atoms with Gasteiger partial charge in [-0.3, -0.25) is 9.36 Å². The highest BCUT2D eigenvalue weighted by atomic mass is 16.5. The number of carbonyl (C=O) groups excluding carboxylic acids is 3. The van der Waals surface area contributed by atoms with Crippen LogP contribution in [0, 0.1) is 17.2 Å². The second-order valence-corrected chi connectivity index (χ2v) is 9.69. The molecule has 0 aliphatic carbocycles. The summed E-state index contributed by atoms with van der Waals surface area (Å²) < 4.78 is 6.69. The first-order chi connectivity index (χ1) is 18.4. The maximum atomic E-state index is 13.2. The Morgan fingerprint density at radius 2 is 2.08 bits per heavy atom. The zero-order chi connectivity index (χ0) is 26.9. The zero-order valence-electron chi connectivity index (χ0n) is 21.3. The van der Waals surface area contributed by atoms with Gasteiger partial charge in [0.25, 0.3) is 0 Å². The number of anilines is 1. The molecule has 2 atom stereocenters. The Hall–Kier alpha value is -4.53. The molecule has 196 valence electrons. The molecule has 2 aliphatic heterocycles. The molecule has 12 nitrogen and oxygen atoms in total. The van der Waals surface area contributed by atoms with E-state index in [4.69, 9.17) is 10.00 Å². The van der Waals surface area contributed by atoms with Crippen molar-refractivity contribution in [2.75, 3.05) is 44.7 Å². The number of likely N-dealkylation sites (N-methyl/N-ethyl adjacent to an activating group) is 1. The Morgan fingerprint density at radius 3 is 2.82 bits per heavy atom. The van der Waals surface area contributed by atoms with Crippen LogP contribution >= 0.6 is 0 Å². The van der Waals surface area contributed by atoms with Gasteiger partial charge in [0.1, 0.15) is 30.9 Å². The first-order valence-corrected chi connectivity index (χ1v) is 12.4. The minimum Gasteiger partial charge on any atom is -0.459 e. The maximum Gasteiger partial charge on any atom is 0.356 e. The number of pyridine rings is 1. The molecule has 0 aromatic carbocycles. The van der Waals surface area contributed by atoms with Crippen LogP contribution < -0.4 is 4.90 Å². The summed E-state index contributed by atoms with van der Waals surface area (Å²) in [5, 5.41) is 9.70. The molecule has 0 saturated carbocycles. The van der Waals surface area contributed by atoms with Crippen LogP contribution in [0.2, 0.25) is 0 Å². The molecule has 2 fully saturated rings. The Kier molecular flexibility index (Phi) is 6.67. The summed E-state index contributed by atoms with van der Waals surface area (Å²) in [5.74, 6) is 0.342. The fourth-order valence-electron chi connectivity index (χ4n) is 5.37. The smallest absolute Gasteiger partial charge is 0.356 e. The molecule has 3 aromatic heterocycles. The number of rotatable bonds is 6. The van der Waals surface area contributed by atoms with E-state index < -0.39 is 5.97 Å². The minimum atomic E-state index is -0.549. The highest BCUT2D eigenvalue weighted by Crippen LogP contribution is 2.45. The van der Waals surface area contributed by atoms with E-state index in [1.165, 1.54) is 22.0 Å². The average Bonchev–Trinajstić information content (AvgIpc) is 3.58. The first kappa shape index (κ1) is 25.1. The van der Waals surface area contributed by atoms with Crippen molar-refractivity contribution < 1.29 is 19.1 Å². The number of likely N-dealkylation sites (tertiary alicyclic amines) is 1. The molecular formula is C26H28N8O4. The third-order valence-electron chi connectivity index (χ3n) is 7.55. The van der Waals surface area contributed by atoms with E-state index >= 15 is 0 Å². The fraction of sp³-hybridized carbons (Fsp3) is 0.423.